The maximum atomic E-state index is 6.15. The maximum Gasteiger partial charge on any atom is 0.245 e. The molecule has 0 fully saturated rings. The summed E-state index contributed by atoms with van der Waals surface area (Å²) in [5.41, 5.74) is 3.14. The van der Waals surface area contributed by atoms with Gasteiger partial charge in [-0.2, -0.15) is 0 Å². The lowest BCUT2D eigenvalue weighted by Gasteiger charge is -2.14. The molecule has 0 radical (unpaired) electrons. The van der Waals surface area contributed by atoms with Crippen LogP contribution in [0.4, 0.5) is 0 Å². The topological polar surface area (TPSA) is 38.9 Å². The molecule has 0 amide bonds. The second kappa shape index (κ2) is 6.17. The number of aryl methyl sites for hydroxylation is 1. The lowest BCUT2D eigenvalue weighted by molar-refractivity contribution is 0.505. The van der Waals surface area contributed by atoms with E-state index in [0.717, 1.165) is 47.9 Å². The molecule has 23 heavy (non-hydrogen) atoms. The van der Waals surface area contributed by atoms with Gasteiger partial charge in [-0.3, -0.25) is 4.98 Å². The van der Waals surface area contributed by atoms with Crippen LogP contribution in [0.1, 0.15) is 35.8 Å². The van der Waals surface area contributed by atoms with E-state index in [1.54, 1.807) is 6.20 Å². The number of hydrogen-bond donors (Lipinski definition) is 0. The van der Waals surface area contributed by atoms with Gasteiger partial charge < -0.3 is 4.42 Å². The van der Waals surface area contributed by atoms with Crippen molar-refractivity contribution in [3.05, 3.63) is 70.7 Å². The Bertz CT molecular complexity index is 813. The van der Waals surface area contributed by atoms with Crippen LogP contribution in [0, 0.1) is 0 Å². The minimum Gasteiger partial charge on any atom is -0.440 e. The van der Waals surface area contributed by atoms with E-state index in [-0.39, 0.29) is 0 Å². The molecule has 0 saturated carbocycles. The van der Waals surface area contributed by atoms with Gasteiger partial charge in [0.25, 0.3) is 0 Å². The highest BCUT2D eigenvalue weighted by Crippen LogP contribution is 2.34. The standard InChI is InChI=1S/C19H17ClN2O/c20-15-7-3-5-13(11-15)14-6-4-9-18-17(12-14)22-19(23-18)16-8-1-2-10-21-16/h1-3,5,7-8,10-11,14H,4,6,9,12H2. The van der Waals surface area contributed by atoms with Crippen LogP contribution in [-0.4, -0.2) is 9.97 Å². The summed E-state index contributed by atoms with van der Waals surface area (Å²) >= 11 is 6.15. The zero-order chi connectivity index (χ0) is 15.6. The Kier molecular flexibility index (Phi) is 3.88. The molecule has 1 aliphatic rings. The van der Waals surface area contributed by atoms with E-state index < -0.39 is 0 Å². The van der Waals surface area contributed by atoms with Crippen molar-refractivity contribution in [1.29, 1.82) is 0 Å². The zero-order valence-electron chi connectivity index (χ0n) is 12.7. The lowest BCUT2D eigenvalue weighted by Crippen LogP contribution is -2.02. The second-order valence-electron chi connectivity index (χ2n) is 5.95. The Morgan fingerprint density at radius 2 is 2.09 bits per heavy atom. The average Bonchev–Trinajstić information content (AvgIpc) is 2.87. The Hall–Kier alpha value is -2.13. The highest BCUT2D eigenvalue weighted by molar-refractivity contribution is 6.30. The van der Waals surface area contributed by atoms with Crippen LogP contribution in [0.5, 0.6) is 0 Å². The molecule has 0 N–H and O–H groups in total. The number of oxazole rings is 1. The van der Waals surface area contributed by atoms with Crippen molar-refractivity contribution in [1.82, 2.24) is 9.97 Å². The van der Waals surface area contributed by atoms with Gasteiger partial charge in [0.05, 0.1) is 5.69 Å². The van der Waals surface area contributed by atoms with E-state index in [0.29, 0.717) is 11.8 Å². The van der Waals surface area contributed by atoms with Crippen LogP contribution >= 0.6 is 11.6 Å². The van der Waals surface area contributed by atoms with E-state index in [4.69, 9.17) is 21.0 Å². The maximum absolute atomic E-state index is 6.15. The number of pyridine rings is 1. The summed E-state index contributed by atoms with van der Waals surface area (Å²) in [6.45, 7) is 0. The van der Waals surface area contributed by atoms with Gasteiger partial charge in [0.2, 0.25) is 5.89 Å². The van der Waals surface area contributed by atoms with Gasteiger partial charge in [0.1, 0.15) is 11.5 Å². The molecule has 1 atom stereocenters. The Morgan fingerprint density at radius 1 is 1.13 bits per heavy atom. The highest BCUT2D eigenvalue weighted by Gasteiger charge is 2.24. The molecule has 4 heteroatoms. The molecule has 2 heterocycles. The van der Waals surface area contributed by atoms with Crippen LogP contribution in [-0.2, 0) is 12.8 Å². The molecule has 116 valence electrons. The fourth-order valence-corrected chi connectivity index (χ4v) is 3.43. The third-order valence-electron chi connectivity index (χ3n) is 4.38. The first-order chi connectivity index (χ1) is 11.3. The summed E-state index contributed by atoms with van der Waals surface area (Å²) in [4.78, 5) is 9.05. The third-order valence-corrected chi connectivity index (χ3v) is 4.61. The molecule has 0 aliphatic heterocycles. The molecule has 2 aromatic heterocycles. The number of halogens is 1. The SMILES string of the molecule is Clc1cccc(C2CCCc3oc(-c4ccccn4)nc3C2)c1. The molecular formula is C19H17ClN2O. The summed E-state index contributed by atoms with van der Waals surface area (Å²) < 4.78 is 5.98. The average molecular weight is 325 g/mol. The largest absolute Gasteiger partial charge is 0.440 e. The molecule has 3 nitrogen and oxygen atoms in total. The van der Waals surface area contributed by atoms with Crippen LogP contribution in [0.25, 0.3) is 11.6 Å². The molecule has 4 rings (SSSR count). The molecule has 0 bridgehead atoms. The van der Waals surface area contributed by atoms with Crippen molar-refractivity contribution in [2.75, 3.05) is 0 Å². The van der Waals surface area contributed by atoms with E-state index in [1.165, 1.54) is 5.56 Å². The number of nitrogens with zero attached hydrogens (tertiary/aromatic N) is 2. The first-order valence-corrected chi connectivity index (χ1v) is 8.33. The third kappa shape index (κ3) is 3.02. The van der Waals surface area contributed by atoms with Crippen molar-refractivity contribution in [3.8, 4) is 11.6 Å². The summed E-state index contributed by atoms with van der Waals surface area (Å²) in [5.74, 6) is 2.08. The molecular weight excluding hydrogens is 308 g/mol. The summed E-state index contributed by atoms with van der Waals surface area (Å²) in [7, 11) is 0. The molecule has 1 aromatic carbocycles. The van der Waals surface area contributed by atoms with Crippen molar-refractivity contribution in [3.63, 3.8) is 0 Å². The van der Waals surface area contributed by atoms with Gasteiger partial charge >= 0.3 is 0 Å². The van der Waals surface area contributed by atoms with Gasteiger partial charge in [-0.15, -0.1) is 0 Å². The highest BCUT2D eigenvalue weighted by atomic mass is 35.5. The Labute approximate surface area is 140 Å². The Morgan fingerprint density at radius 3 is 2.91 bits per heavy atom. The van der Waals surface area contributed by atoms with Crippen LogP contribution in [0.3, 0.4) is 0 Å². The normalized spacial score (nSPS) is 17.5. The number of fused-ring (bicyclic) bond motifs is 1. The predicted octanol–water partition coefficient (Wildman–Crippen LogP) is 5.05. The van der Waals surface area contributed by atoms with Crippen molar-refractivity contribution < 1.29 is 4.42 Å². The fourth-order valence-electron chi connectivity index (χ4n) is 3.23. The lowest BCUT2D eigenvalue weighted by atomic mass is 9.92. The quantitative estimate of drug-likeness (QED) is 0.619. The van der Waals surface area contributed by atoms with Crippen molar-refractivity contribution >= 4 is 11.6 Å². The predicted molar refractivity (Wildman–Crippen MR) is 90.6 cm³/mol. The van der Waals surface area contributed by atoms with Gasteiger partial charge in [0, 0.05) is 24.1 Å². The molecule has 1 aliphatic carbocycles. The van der Waals surface area contributed by atoms with Gasteiger partial charge in [-0.05, 0) is 48.6 Å². The number of rotatable bonds is 2. The summed E-state index contributed by atoms with van der Waals surface area (Å²) in [6, 6.07) is 13.9. The molecule has 3 aromatic rings. The summed E-state index contributed by atoms with van der Waals surface area (Å²) in [5, 5.41) is 0.793. The number of hydrogen-bond acceptors (Lipinski definition) is 3. The molecule has 0 saturated heterocycles. The monoisotopic (exact) mass is 324 g/mol. The molecule has 1 unspecified atom stereocenters. The van der Waals surface area contributed by atoms with Crippen LogP contribution in [0.15, 0.2) is 53.1 Å². The van der Waals surface area contributed by atoms with Gasteiger partial charge in [-0.25, -0.2) is 4.98 Å². The van der Waals surface area contributed by atoms with Crippen molar-refractivity contribution in [2.45, 2.75) is 31.6 Å². The Balaban J connectivity index is 1.65. The van der Waals surface area contributed by atoms with E-state index >= 15 is 0 Å². The first-order valence-electron chi connectivity index (χ1n) is 7.95. The van der Waals surface area contributed by atoms with E-state index in [9.17, 15) is 0 Å². The van der Waals surface area contributed by atoms with Crippen LogP contribution in [0.2, 0.25) is 5.02 Å². The second-order valence-corrected chi connectivity index (χ2v) is 6.39. The minimum atomic E-state index is 0.441. The number of benzene rings is 1. The summed E-state index contributed by atoms with van der Waals surface area (Å²) in [6.07, 6.45) is 5.82. The first kappa shape index (κ1) is 14.5. The van der Waals surface area contributed by atoms with E-state index in [2.05, 4.69) is 17.1 Å². The van der Waals surface area contributed by atoms with Gasteiger partial charge in [-0.1, -0.05) is 29.8 Å². The molecule has 0 spiro atoms. The smallest absolute Gasteiger partial charge is 0.245 e. The minimum absolute atomic E-state index is 0.441. The van der Waals surface area contributed by atoms with Crippen LogP contribution < -0.4 is 0 Å². The van der Waals surface area contributed by atoms with Crippen molar-refractivity contribution in [2.24, 2.45) is 0 Å². The zero-order valence-corrected chi connectivity index (χ0v) is 13.5. The number of aromatic nitrogens is 2. The van der Waals surface area contributed by atoms with E-state index in [1.807, 2.05) is 30.3 Å². The fraction of sp³-hybridized carbons (Fsp3) is 0.263. The van der Waals surface area contributed by atoms with Gasteiger partial charge in [0.15, 0.2) is 0 Å².